The monoisotopic (exact) mass is 271 g/mol. The Morgan fingerprint density at radius 3 is 2.80 bits per heavy atom. The number of aromatic nitrogens is 2. The molecule has 20 heavy (non-hydrogen) atoms. The van der Waals surface area contributed by atoms with Crippen LogP contribution in [-0.4, -0.2) is 20.8 Å². The molecule has 0 aliphatic rings. The topological polar surface area (TPSA) is 67.2 Å². The van der Waals surface area contributed by atoms with Crippen molar-refractivity contribution in [2.45, 2.75) is 13.0 Å². The quantitative estimate of drug-likeness (QED) is 0.837. The third-order valence-corrected chi connectivity index (χ3v) is 2.93. The van der Waals surface area contributed by atoms with E-state index >= 15 is 0 Å². The van der Waals surface area contributed by atoms with Gasteiger partial charge in [0.15, 0.2) is 0 Å². The maximum absolute atomic E-state index is 11.9. The van der Waals surface area contributed by atoms with E-state index in [1.54, 1.807) is 43.1 Å². The molecule has 1 aromatic carbocycles. The summed E-state index contributed by atoms with van der Waals surface area (Å²) in [7, 11) is 1.81. The normalized spacial score (nSPS) is 12.6. The molecule has 104 valence electrons. The fourth-order valence-corrected chi connectivity index (χ4v) is 1.86. The Balaban J connectivity index is 2.09. The van der Waals surface area contributed by atoms with Gasteiger partial charge >= 0.3 is 0 Å². The zero-order chi connectivity index (χ0) is 14.5. The van der Waals surface area contributed by atoms with Crippen molar-refractivity contribution in [1.82, 2.24) is 9.78 Å². The van der Waals surface area contributed by atoms with Crippen LogP contribution in [0.4, 0.5) is 5.69 Å². The lowest BCUT2D eigenvalue weighted by molar-refractivity contribution is -0.111. The number of rotatable bonds is 4. The van der Waals surface area contributed by atoms with Gasteiger partial charge in [-0.3, -0.25) is 9.48 Å². The summed E-state index contributed by atoms with van der Waals surface area (Å²) in [5, 5.41) is 16.4. The number of para-hydroxylation sites is 1. The molecule has 0 fully saturated rings. The van der Waals surface area contributed by atoms with Crippen LogP contribution in [0.5, 0.6) is 0 Å². The van der Waals surface area contributed by atoms with Crippen molar-refractivity contribution >= 4 is 17.7 Å². The summed E-state index contributed by atoms with van der Waals surface area (Å²) in [6.45, 7) is 1.66. The lowest BCUT2D eigenvalue weighted by Gasteiger charge is -2.11. The largest absolute Gasteiger partial charge is 0.389 e. The number of aryl methyl sites for hydroxylation is 1. The van der Waals surface area contributed by atoms with Gasteiger partial charge in [0.25, 0.3) is 0 Å². The third-order valence-electron chi connectivity index (χ3n) is 2.93. The van der Waals surface area contributed by atoms with Crippen molar-refractivity contribution in [1.29, 1.82) is 0 Å². The summed E-state index contributed by atoms with van der Waals surface area (Å²) in [4.78, 5) is 11.9. The number of anilines is 1. The second-order valence-electron chi connectivity index (χ2n) is 4.47. The van der Waals surface area contributed by atoms with E-state index in [1.165, 1.54) is 6.08 Å². The molecule has 2 aromatic rings. The summed E-state index contributed by atoms with van der Waals surface area (Å²) >= 11 is 0. The highest BCUT2D eigenvalue weighted by atomic mass is 16.3. The van der Waals surface area contributed by atoms with Gasteiger partial charge in [-0.1, -0.05) is 18.2 Å². The Labute approximate surface area is 117 Å². The number of aliphatic hydroxyl groups is 1. The van der Waals surface area contributed by atoms with Crippen LogP contribution < -0.4 is 5.32 Å². The number of carbonyl (C=O) groups is 1. The van der Waals surface area contributed by atoms with Gasteiger partial charge in [0.05, 0.1) is 11.8 Å². The van der Waals surface area contributed by atoms with Crippen molar-refractivity contribution in [2.24, 2.45) is 7.05 Å². The number of hydrogen-bond donors (Lipinski definition) is 2. The van der Waals surface area contributed by atoms with Crippen LogP contribution in [0.2, 0.25) is 0 Å². The van der Waals surface area contributed by atoms with Crippen molar-refractivity contribution in [3.05, 3.63) is 53.9 Å². The van der Waals surface area contributed by atoms with E-state index in [-0.39, 0.29) is 5.91 Å². The highest BCUT2D eigenvalue weighted by molar-refractivity contribution is 6.02. The zero-order valence-corrected chi connectivity index (χ0v) is 11.4. The van der Waals surface area contributed by atoms with Gasteiger partial charge in [-0.2, -0.15) is 5.10 Å². The van der Waals surface area contributed by atoms with Crippen molar-refractivity contribution < 1.29 is 9.90 Å². The molecule has 0 saturated carbocycles. The average Bonchev–Trinajstić information content (AvgIpc) is 2.82. The van der Waals surface area contributed by atoms with Gasteiger partial charge < -0.3 is 10.4 Å². The van der Waals surface area contributed by atoms with E-state index in [1.807, 2.05) is 18.2 Å². The number of nitrogens with zero attached hydrogens (tertiary/aromatic N) is 2. The first-order valence-corrected chi connectivity index (χ1v) is 6.32. The molecule has 5 nitrogen and oxygen atoms in total. The molecule has 1 unspecified atom stereocenters. The van der Waals surface area contributed by atoms with Crippen LogP contribution in [0, 0.1) is 0 Å². The number of amides is 1. The van der Waals surface area contributed by atoms with Crippen LogP contribution in [0.15, 0.2) is 42.6 Å². The van der Waals surface area contributed by atoms with Gasteiger partial charge in [0.1, 0.15) is 0 Å². The van der Waals surface area contributed by atoms with Gasteiger partial charge in [-0.05, 0) is 25.1 Å². The van der Waals surface area contributed by atoms with Crippen LogP contribution in [0.1, 0.15) is 24.3 Å². The Kier molecular flexibility index (Phi) is 4.32. The molecule has 2 N–H and O–H groups in total. The number of carbonyl (C=O) groups excluding carboxylic acids is 1. The van der Waals surface area contributed by atoms with Crippen molar-refractivity contribution in [3.63, 3.8) is 0 Å². The molecular formula is C15H17N3O2. The SMILES string of the molecule is CC(O)c1ccccc1NC(=O)C=Cc1ccnn1C. The average molecular weight is 271 g/mol. The smallest absolute Gasteiger partial charge is 0.248 e. The number of benzene rings is 1. The van der Waals surface area contributed by atoms with Crippen LogP contribution in [-0.2, 0) is 11.8 Å². The first kappa shape index (κ1) is 14.0. The van der Waals surface area contributed by atoms with Crippen molar-refractivity contribution in [3.8, 4) is 0 Å². The molecule has 0 radical (unpaired) electrons. The standard InChI is InChI=1S/C15H17N3O2/c1-11(19)13-5-3-4-6-14(13)17-15(20)8-7-12-9-10-16-18(12)2/h3-11,19H,1-2H3,(H,17,20). The predicted molar refractivity (Wildman–Crippen MR) is 77.9 cm³/mol. The molecular weight excluding hydrogens is 254 g/mol. The maximum Gasteiger partial charge on any atom is 0.248 e. The van der Waals surface area contributed by atoms with E-state index in [4.69, 9.17) is 0 Å². The third kappa shape index (κ3) is 3.33. The summed E-state index contributed by atoms with van der Waals surface area (Å²) in [5.74, 6) is -0.251. The number of aliphatic hydroxyl groups excluding tert-OH is 1. The molecule has 1 amide bonds. The number of nitrogens with one attached hydrogen (secondary N) is 1. The molecule has 0 bridgehead atoms. The summed E-state index contributed by atoms with van der Waals surface area (Å²) < 4.78 is 1.67. The Hall–Kier alpha value is -2.40. The number of hydrogen-bond acceptors (Lipinski definition) is 3. The molecule has 1 heterocycles. The lowest BCUT2D eigenvalue weighted by atomic mass is 10.1. The zero-order valence-electron chi connectivity index (χ0n) is 11.4. The minimum absolute atomic E-state index is 0.251. The van der Waals surface area contributed by atoms with E-state index in [9.17, 15) is 9.90 Å². The van der Waals surface area contributed by atoms with Gasteiger partial charge in [-0.25, -0.2) is 0 Å². The minimum atomic E-state index is -0.632. The van der Waals surface area contributed by atoms with Crippen LogP contribution in [0.3, 0.4) is 0 Å². The van der Waals surface area contributed by atoms with Gasteiger partial charge in [-0.15, -0.1) is 0 Å². The molecule has 1 atom stereocenters. The minimum Gasteiger partial charge on any atom is -0.389 e. The second kappa shape index (κ2) is 6.16. The Bertz CT molecular complexity index is 630. The first-order valence-electron chi connectivity index (χ1n) is 6.32. The first-order chi connectivity index (χ1) is 9.58. The Morgan fingerprint density at radius 2 is 2.15 bits per heavy atom. The molecule has 0 spiro atoms. The molecule has 0 saturated heterocycles. The molecule has 0 aliphatic carbocycles. The predicted octanol–water partition coefficient (Wildman–Crippen LogP) is 2.13. The lowest BCUT2D eigenvalue weighted by Crippen LogP contribution is -2.10. The van der Waals surface area contributed by atoms with E-state index in [0.29, 0.717) is 11.3 Å². The summed E-state index contributed by atoms with van der Waals surface area (Å²) in [6, 6.07) is 8.99. The molecule has 5 heteroatoms. The highest BCUT2D eigenvalue weighted by Crippen LogP contribution is 2.22. The fourth-order valence-electron chi connectivity index (χ4n) is 1.86. The second-order valence-corrected chi connectivity index (χ2v) is 4.47. The van der Waals surface area contributed by atoms with Gasteiger partial charge in [0, 0.05) is 30.6 Å². The molecule has 1 aromatic heterocycles. The van der Waals surface area contributed by atoms with E-state index < -0.39 is 6.10 Å². The van der Waals surface area contributed by atoms with Crippen LogP contribution >= 0.6 is 0 Å². The highest BCUT2D eigenvalue weighted by Gasteiger charge is 2.08. The Morgan fingerprint density at radius 1 is 1.40 bits per heavy atom. The maximum atomic E-state index is 11.9. The molecule has 2 rings (SSSR count). The van der Waals surface area contributed by atoms with Crippen molar-refractivity contribution in [2.75, 3.05) is 5.32 Å². The summed E-state index contributed by atoms with van der Waals surface area (Å²) in [5.41, 5.74) is 2.14. The molecule has 0 aliphatic heterocycles. The fraction of sp³-hybridized carbons (Fsp3) is 0.200. The van der Waals surface area contributed by atoms with E-state index in [0.717, 1.165) is 5.69 Å². The van der Waals surface area contributed by atoms with Gasteiger partial charge in [0.2, 0.25) is 5.91 Å². The van der Waals surface area contributed by atoms with Crippen LogP contribution in [0.25, 0.3) is 6.08 Å². The van der Waals surface area contributed by atoms with E-state index in [2.05, 4.69) is 10.4 Å². The summed E-state index contributed by atoms with van der Waals surface area (Å²) in [6.07, 6.45) is 4.16.